The van der Waals surface area contributed by atoms with Gasteiger partial charge >= 0.3 is 0 Å². The fourth-order valence-electron chi connectivity index (χ4n) is 8.50. The Balaban J connectivity index is 0.00000245. The number of halogens is 1. The van der Waals surface area contributed by atoms with Crippen LogP contribution in [0.15, 0.2) is 42.5 Å². The molecule has 2 heterocycles. The first-order chi connectivity index (χ1) is 14.9. The van der Waals surface area contributed by atoms with E-state index >= 15 is 0 Å². The van der Waals surface area contributed by atoms with E-state index in [1.807, 2.05) is 0 Å². The predicted molar refractivity (Wildman–Crippen MR) is 130 cm³/mol. The molecule has 0 unspecified atom stereocenters. The van der Waals surface area contributed by atoms with Gasteiger partial charge < -0.3 is 26.2 Å². The normalized spacial score (nSPS) is 37.6. The molecule has 2 saturated heterocycles. The molecule has 3 aliphatic rings. The van der Waals surface area contributed by atoms with Crippen molar-refractivity contribution in [3.63, 3.8) is 0 Å². The second-order valence-electron chi connectivity index (χ2n) is 11.4. The molecule has 0 bridgehead atoms. The van der Waals surface area contributed by atoms with Crippen LogP contribution in [0.2, 0.25) is 0 Å². The standard InChI is InChI=1S/C29H42NO.BrH/c1-5-6-7-10-18-31-28(3)21-30(19-22(2)26-16-17-27(28)29(26,30)4)20-24-14-11-13-23-12-8-9-15-25(23)24;/h8-9,11-15,22,26-27H,5-7,10,16-21H2,1-4H3;1H/q+1;/p-1/t22-,26+,27-,28-,29-,30-;/m1./s1. The van der Waals surface area contributed by atoms with E-state index in [1.54, 1.807) is 0 Å². The Hall–Kier alpha value is -0.900. The van der Waals surface area contributed by atoms with Gasteiger partial charge in [0.1, 0.15) is 24.2 Å². The van der Waals surface area contributed by atoms with Crippen LogP contribution in [0.4, 0.5) is 0 Å². The van der Waals surface area contributed by atoms with Gasteiger partial charge in [0.2, 0.25) is 0 Å². The Morgan fingerprint density at radius 2 is 1.78 bits per heavy atom. The molecule has 176 valence electrons. The summed E-state index contributed by atoms with van der Waals surface area (Å²) < 4.78 is 8.08. The summed E-state index contributed by atoms with van der Waals surface area (Å²) in [5, 5.41) is 2.82. The average Bonchev–Trinajstić information content (AvgIpc) is 3.28. The average molecular weight is 501 g/mol. The number of hydrogen-bond acceptors (Lipinski definition) is 1. The van der Waals surface area contributed by atoms with Crippen molar-refractivity contribution in [3.8, 4) is 0 Å². The molecule has 2 aromatic carbocycles. The molecular weight excluding hydrogens is 458 g/mol. The lowest BCUT2D eigenvalue weighted by molar-refractivity contribution is -0.967. The van der Waals surface area contributed by atoms with E-state index in [0.29, 0.717) is 11.5 Å². The molecule has 2 aromatic rings. The number of rotatable bonds is 8. The lowest BCUT2D eigenvalue weighted by Crippen LogP contribution is -3.00. The van der Waals surface area contributed by atoms with Gasteiger partial charge in [0.05, 0.1) is 6.54 Å². The van der Waals surface area contributed by atoms with Gasteiger partial charge in [-0.25, -0.2) is 0 Å². The van der Waals surface area contributed by atoms with Crippen molar-refractivity contribution in [1.29, 1.82) is 0 Å². The van der Waals surface area contributed by atoms with E-state index in [4.69, 9.17) is 4.74 Å². The Kier molecular flexibility index (Phi) is 6.85. The SMILES string of the molecule is CCCCCCO[C@]1(C)C[N@+]2(Cc3cccc4ccccc34)C[C@@H](C)[C@@H]3CC[C@H]1[C@@]32C.[Br-]. The van der Waals surface area contributed by atoms with E-state index in [-0.39, 0.29) is 22.6 Å². The van der Waals surface area contributed by atoms with Crippen LogP contribution < -0.4 is 17.0 Å². The minimum absolute atomic E-state index is 0. The van der Waals surface area contributed by atoms with Gasteiger partial charge in [-0.2, -0.15) is 0 Å². The van der Waals surface area contributed by atoms with E-state index in [0.717, 1.165) is 25.0 Å². The van der Waals surface area contributed by atoms with Crippen LogP contribution in [0.5, 0.6) is 0 Å². The zero-order valence-electron chi connectivity index (χ0n) is 20.6. The predicted octanol–water partition coefficient (Wildman–Crippen LogP) is 3.96. The number of unbranched alkanes of at least 4 members (excludes halogenated alkanes) is 3. The first-order valence-corrected chi connectivity index (χ1v) is 12.9. The van der Waals surface area contributed by atoms with Crippen molar-refractivity contribution in [2.45, 2.75) is 83.9 Å². The van der Waals surface area contributed by atoms with Gasteiger partial charge in [0.25, 0.3) is 0 Å². The first-order valence-electron chi connectivity index (χ1n) is 12.9. The van der Waals surface area contributed by atoms with Gasteiger partial charge in [-0.3, -0.25) is 0 Å². The highest BCUT2D eigenvalue weighted by Gasteiger charge is 2.76. The Morgan fingerprint density at radius 3 is 2.59 bits per heavy atom. The highest BCUT2D eigenvalue weighted by molar-refractivity contribution is 5.85. The van der Waals surface area contributed by atoms with Gasteiger partial charge in [-0.15, -0.1) is 0 Å². The van der Waals surface area contributed by atoms with Crippen molar-refractivity contribution in [1.82, 2.24) is 0 Å². The Labute approximate surface area is 206 Å². The number of nitrogens with zero attached hydrogens (tertiary/aromatic N) is 1. The van der Waals surface area contributed by atoms with Crippen molar-refractivity contribution in [2.24, 2.45) is 17.8 Å². The van der Waals surface area contributed by atoms with Crippen molar-refractivity contribution in [3.05, 3.63) is 48.0 Å². The fraction of sp³-hybridized carbons (Fsp3) is 0.655. The molecule has 3 fully saturated rings. The molecule has 1 saturated carbocycles. The zero-order chi connectivity index (χ0) is 21.7. The maximum atomic E-state index is 6.84. The van der Waals surface area contributed by atoms with Gasteiger partial charge in [0.15, 0.2) is 0 Å². The van der Waals surface area contributed by atoms with Crippen LogP contribution in [0.25, 0.3) is 10.8 Å². The minimum atomic E-state index is 0. The molecule has 5 rings (SSSR count). The summed E-state index contributed by atoms with van der Waals surface area (Å²) in [5.74, 6) is 2.35. The number of quaternary nitrogens is 1. The third-order valence-corrected chi connectivity index (χ3v) is 9.71. The molecule has 32 heavy (non-hydrogen) atoms. The molecule has 0 amide bonds. The van der Waals surface area contributed by atoms with Crippen molar-refractivity contribution in [2.75, 3.05) is 19.7 Å². The third-order valence-electron chi connectivity index (χ3n) is 9.71. The topological polar surface area (TPSA) is 9.23 Å². The molecule has 1 aliphatic carbocycles. The van der Waals surface area contributed by atoms with Crippen LogP contribution in [0.1, 0.15) is 71.8 Å². The highest BCUT2D eigenvalue weighted by atomic mass is 79.9. The summed E-state index contributed by atoms with van der Waals surface area (Å²) >= 11 is 0. The molecule has 0 N–H and O–H groups in total. The summed E-state index contributed by atoms with van der Waals surface area (Å²) in [6, 6.07) is 15.9. The van der Waals surface area contributed by atoms with Crippen molar-refractivity contribution < 1.29 is 26.2 Å². The number of fused-ring (bicyclic) bond motifs is 1. The van der Waals surface area contributed by atoms with Gasteiger partial charge in [-0.1, -0.05) is 75.6 Å². The molecule has 3 heteroatoms. The van der Waals surface area contributed by atoms with E-state index in [9.17, 15) is 0 Å². The molecule has 2 nitrogen and oxygen atoms in total. The Morgan fingerprint density at radius 1 is 1.00 bits per heavy atom. The summed E-state index contributed by atoms with van der Waals surface area (Å²) in [5.41, 5.74) is 1.92. The fourth-order valence-corrected chi connectivity index (χ4v) is 8.50. The lowest BCUT2D eigenvalue weighted by atomic mass is 9.76. The minimum Gasteiger partial charge on any atom is -1.00 e. The summed E-state index contributed by atoms with van der Waals surface area (Å²) in [7, 11) is 0. The zero-order valence-corrected chi connectivity index (χ0v) is 22.2. The Bertz CT molecular complexity index is 940. The number of hydrogen-bond donors (Lipinski definition) is 0. The lowest BCUT2D eigenvalue weighted by Gasteiger charge is -2.44. The second kappa shape index (κ2) is 9.04. The summed E-state index contributed by atoms with van der Waals surface area (Å²) in [6.07, 6.45) is 7.91. The number of ether oxygens (including phenoxy) is 1. The van der Waals surface area contributed by atoms with Crippen LogP contribution in [-0.2, 0) is 11.3 Å². The van der Waals surface area contributed by atoms with E-state index < -0.39 is 0 Å². The van der Waals surface area contributed by atoms with Gasteiger partial charge in [0, 0.05) is 29.9 Å². The summed E-state index contributed by atoms with van der Waals surface area (Å²) in [6.45, 7) is 14.5. The number of benzene rings is 2. The molecule has 2 aliphatic heterocycles. The first kappa shape index (κ1) is 24.2. The van der Waals surface area contributed by atoms with Crippen LogP contribution in [0.3, 0.4) is 0 Å². The monoisotopic (exact) mass is 499 g/mol. The van der Waals surface area contributed by atoms with Crippen molar-refractivity contribution >= 4 is 10.8 Å². The smallest absolute Gasteiger partial charge is 0.123 e. The highest BCUT2D eigenvalue weighted by Crippen LogP contribution is 2.65. The largest absolute Gasteiger partial charge is 1.00 e. The van der Waals surface area contributed by atoms with Gasteiger partial charge in [-0.05, 0) is 43.9 Å². The van der Waals surface area contributed by atoms with E-state index in [2.05, 4.69) is 70.2 Å². The van der Waals surface area contributed by atoms with Crippen LogP contribution >= 0.6 is 0 Å². The van der Waals surface area contributed by atoms with E-state index in [1.165, 1.54) is 72.4 Å². The molecule has 0 spiro atoms. The maximum absolute atomic E-state index is 6.84. The quantitative estimate of drug-likeness (QED) is 0.394. The maximum Gasteiger partial charge on any atom is 0.123 e. The van der Waals surface area contributed by atoms with Crippen LogP contribution in [0, 0.1) is 17.8 Å². The third kappa shape index (κ3) is 3.58. The molecule has 0 aromatic heterocycles. The molecule has 6 atom stereocenters. The molecular formula is C29H42BrNO. The summed E-state index contributed by atoms with van der Waals surface area (Å²) in [4.78, 5) is 0. The second-order valence-corrected chi connectivity index (χ2v) is 11.4. The van der Waals surface area contributed by atoms with Crippen LogP contribution in [-0.4, -0.2) is 35.3 Å². The molecule has 0 radical (unpaired) electrons.